The Morgan fingerprint density at radius 2 is 1.53 bits per heavy atom. The van der Waals surface area contributed by atoms with Gasteiger partial charge in [0.25, 0.3) is 0 Å². The number of rotatable bonds is 5. The van der Waals surface area contributed by atoms with Gasteiger partial charge >= 0.3 is 0 Å². The van der Waals surface area contributed by atoms with Crippen LogP contribution in [0, 0.1) is 0 Å². The molecular weight excluding hydrogens is 232 g/mol. The Kier molecular flexibility index (Phi) is 4.58. The van der Waals surface area contributed by atoms with Crippen LogP contribution in [0.2, 0.25) is 0 Å². The van der Waals surface area contributed by atoms with Crippen molar-refractivity contribution in [2.45, 2.75) is 18.9 Å². The highest BCUT2D eigenvalue weighted by atomic mass is 15.1. The Labute approximate surface area is 115 Å². The molecule has 1 unspecified atom stereocenters. The first kappa shape index (κ1) is 13.6. The van der Waals surface area contributed by atoms with Gasteiger partial charge in [-0.05, 0) is 50.2 Å². The van der Waals surface area contributed by atoms with Gasteiger partial charge in [-0.25, -0.2) is 0 Å². The van der Waals surface area contributed by atoms with Crippen molar-refractivity contribution < 1.29 is 0 Å². The molecule has 0 aromatic heterocycles. The molecule has 0 saturated carbocycles. The summed E-state index contributed by atoms with van der Waals surface area (Å²) < 4.78 is 0. The van der Waals surface area contributed by atoms with Crippen LogP contribution in [0.1, 0.15) is 11.1 Å². The zero-order valence-electron chi connectivity index (χ0n) is 11.7. The maximum atomic E-state index is 5.85. The number of nitrogen functional groups attached to an aromatic ring is 1. The molecule has 0 fully saturated rings. The van der Waals surface area contributed by atoms with Crippen molar-refractivity contribution in [3.05, 3.63) is 65.7 Å². The normalized spacial score (nSPS) is 12.6. The van der Waals surface area contributed by atoms with Crippen molar-refractivity contribution in [2.24, 2.45) is 0 Å². The molecule has 100 valence electrons. The molecule has 19 heavy (non-hydrogen) atoms. The maximum Gasteiger partial charge on any atom is 0.0316 e. The quantitative estimate of drug-likeness (QED) is 0.831. The van der Waals surface area contributed by atoms with Crippen LogP contribution < -0.4 is 5.73 Å². The molecule has 2 rings (SSSR count). The third-order valence-electron chi connectivity index (χ3n) is 3.47. The first-order valence-electron chi connectivity index (χ1n) is 6.70. The van der Waals surface area contributed by atoms with Gasteiger partial charge in [0.2, 0.25) is 0 Å². The fourth-order valence-electron chi connectivity index (χ4n) is 2.32. The van der Waals surface area contributed by atoms with Gasteiger partial charge < -0.3 is 10.6 Å². The van der Waals surface area contributed by atoms with E-state index in [0.717, 1.165) is 18.5 Å². The van der Waals surface area contributed by atoms with E-state index in [2.05, 4.69) is 61.5 Å². The summed E-state index contributed by atoms with van der Waals surface area (Å²) in [4.78, 5) is 2.29. The molecule has 0 heterocycles. The number of benzene rings is 2. The molecule has 0 bridgehead atoms. The number of likely N-dealkylation sites (N-methyl/N-ethyl adjacent to an activating group) is 1. The minimum atomic E-state index is 0.490. The van der Waals surface area contributed by atoms with Crippen LogP contribution in [0.25, 0.3) is 0 Å². The summed E-state index contributed by atoms with van der Waals surface area (Å²) in [6.45, 7) is 0. The van der Waals surface area contributed by atoms with E-state index < -0.39 is 0 Å². The summed E-state index contributed by atoms with van der Waals surface area (Å²) >= 11 is 0. The second kappa shape index (κ2) is 6.39. The largest absolute Gasteiger partial charge is 0.399 e. The number of hydrogen-bond donors (Lipinski definition) is 1. The Bertz CT molecular complexity index is 506. The van der Waals surface area contributed by atoms with Gasteiger partial charge in [0.05, 0.1) is 0 Å². The van der Waals surface area contributed by atoms with Crippen molar-refractivity contribution in [3.63, 3.8) is 0 Å². The predicted molar refractivity (Wildman–Crippen MR) is 82.2 cm³/mol. The molecule has 1 atom stereocenters. The molecule has 0 aliphatic heterocycles. The van der Waals surface area contributed by atoms with Crippen molar-refractivity contribution in [1.82, 2.24) is 4.90 Å². The average molecular weight is 254 g/mol. The minimum Gasteiger partial charge on any atom is -0.399 e. The first-order chi connectivity index (χ1) is 9.15. The van der Waals surface area contributed by atoms with E-state index in [-0.39, 0.29) is 0 Å². The van der Waals surface area contributed by atoms with Crippen LogP contribution in [-0.2, 0) is 12.8 Å². The Balaban J connectivity index is 2.08. The van der Waals surface area contributed by atoms with Gasteiger partial charge in [0, 0.05) is 11.7 Å². The number of nitrogens with two attached hydrogens (primary N) is 1. The average Bonchev–Trinajstić information content (AvgIpc) is 2.39. The molecule has 2 aromatic rings. The van der Waals surface area contributed by atoms with E-state index in [4.69, 9.17) is 5.73 Å². The summed E-state index contributed by atoms with van der Waals surface area (Å²) in [5.41, 5.74) is 9.37. The third-order valence-corrected chi connectivity index (χ3v) is 3.47. The molecule has 0 spiro atoms. The van der Waals surface area contributed by atoms with E-state index in [1.807, 2.05) is 12.1 Å². The van der Waals surface area contributed by atoms with Gasteiger partial charge in [-0.1, -0.05) is 42.5 Å². The van der Waals surface area contributed by atoms with E-state index in [9.17, 15) is 0 Å². The van der Waals surface area contributed by atoms with Gasteiger partial charge in [0.1, 0.15) is 0 Å². The fraction of sp³-hybridized carbons (Fsp3) is 0.294. The number of hydrogen-bond acceptors (Lipinski definition) is 2. The van der Waals surface area contributed by atoms with Crippen LogP contribution in [0.5, 0.6) is 0 Å². The molecule has 0 aliphatic carbocycles. The summed E-state index contributed by atoms with van der Waals surface area (Å²) in [5, 5.41) is 0. The lowest BCUT2D eigenvalue weighted by Gasteiger charge is -2.24. The van der Waals surface area contributed by atoms with Gasteiger partial charge in [-0.15, -0.1) is 0 Å². The molecule has 0 aliphatic rings. The van der Waals surface area contributed by atoms with Gasteiger partial charge in [-0.2, -0.15) is 0 Å². The highest BCUT2D eigenvalue weighted by Crippen LogP contribution is 2.14. The molecular formula is C17H22N2. The van der Waals surface area contributed by atoms with Gasteiger partial charge in [0.15, 0.2) is 0 Å². The molecule has 2 nitrogen and oxygen atoms in total. The van der Waals surface area contributed by atoms with E-state index in [1.54, 1.807) is 0 Å². The molecule has 0 amide bonds. The topological polar surface area (TPSA) is 29.3 Å². The maximum absolute atomic E-state index is 5.85. The predicted octanol–water partition coefficient (Wildman–Crippen LogP) is 2.98. The van der Waals surface area contributed by atoms with Crippen LogP contribution in [0.4, 0.5) is 5.69 Å². The molecule has 2 aromatic carbocycles. The van der Waals surface area contributed by atoms with Crippen molar-refractivity contribution in [1.29, 1.82) is 0 Å². The van der Waals surface area contributed by atoms with E-state index in [0.29, 0.717) is 6.04 Å². The summed E-state index contributed by atoms with van der Waals surface area (Å²) in [5.74, 6) is 0. The minimum absolute atomic E-state index is 0.490. The lowest BCUT2D eigenvalue weighted by molar-refractivity contribution is 0.289. The second-order valence-corrected chi connectivity index (χ2v) is 5.26. The number of anilines is 1. The molecule has 0 radical (unpaired) electrons. The Morgan fingerprint density at radius 1 is 0.895 bits per heavy atom. The van der Waals surface area contributed by atoms with Crippen LogP contribution in [0.15, 0.2) is 54.6 Å². The molecule has 2 heteroatoms. The fourth-order valence-corrected chi connectivity index (χ4v) is 2.32. The van der Waals surface area contributed by atoms with Crippen LogP contribution in [-0.4, -0.2) is 25.0 Å². The van der Waals surface area contributed by atoms with Crippen molar-refractivity contribution in [2.75, 3.05) is 19.8 Å². The highest BCUT2D eigenvalue weighted by Gasteiger charge is 2.13. The third kappa shape index (κ3) is 4.11. The summed E-state index contributed by atoms with van der Waals surface area (Å²) in [7, 11) is 4.28. The van der Waals surface area contributed by atoms with Crippen molar-refractivity contribution >= 4 is 5.69 Å². The SMILES string of the molecule is CN(C)C(Cc1ccccc1)Cc1cccc(N)c1. The zero-order valence-corrected chi connectivity index (χ0v) is 11.7. The summed E-state index contributed by atoms with van der Waals surface area (Å²) in [6.07, 6.45) is 2.08. The molecule has 0 saturated heterocycles. The highest BCUT2D eigenvalue weighted by molar-refractivity contribution is 5.40. The monoisotopic (exact) mass is 254 g/mol. The van der Waals surface area contributed by atoms with Crippen molar-refractivity contribution in [3.8, 4) is 0 Å². The lowest BCUT2D eigenvalue weighted by atomic mass is 9.98. The second-order valence-electron chi connectivity index (χ2n) is 5.26. The molecule has 2 N–H and O–H groups in total. The first-order valence-corrected chi connectivity index (χ1v) is 6.70. The Morgan fingerprint density at radius 3 is 2.16 bits per heavy atom. The number of nitrogens with zero attached hydrogens (tertiary/aromatic N) is 1. The van der Waals surface area contributed by atoms with Crippen LogP contribution in [0.3, 0.4) is 0 Å². The van der Waals surface area contributed by atoms with E-state index >= 15 is 0 Å². The van der Waals surface area contributed by atoms with Gasteiger partial charge in [-0.3, -0.25) is 0 Å². The lowest BCUT2D eigenvalue weighted by Crippen LogP contribution is -2.32. The Hall–Kier alpha value is -1.80. The zero-order chi connectivity index (χ0) is 13.7. The summed E-state index contributed by atoms with van der Waals surface area (Å²) in [6, 6.07) is 19.3. The smallest absolute Gasteiger partial charge is 0.0316 e. The van der Waals surface area contributed by atoms with E-state index in [1.165, 1.54) is 11.1 Å². The standard InChI is InChI=1S/C17H22N2/c1-19(2)17(12-14-7-4-3-5-8-14)13-15-9-6-10-16(18)11-15/h3-11,17H,12-13,18H2,1-2H3. The van der Waals surface area contributed by atoms with Crippen LogP contribution >= 0.6 is 0 Å².